The average Bonchev–Trinajstić information content (AvgIpc) is 2.65. The fraction of sp³-hybridized carbons (Fsp3) is 0.429. The van der Waals surface area contributed by atoms with Crippen LogP contribution in [0.4, 0.5) is 4.79 Å². The van der Waals surface area contributed by atoms with Gasteiger partial charge in [-0.2, -0.15) is 0 Å². The van der Waals surface area contributed by atoms with Crippen LogP contribution < -0.4 is 0 Å². The molecule has 1 heterocycles. The number of nitrogens with zero attached hydrogens (tertiary/aromatic N) is 2. The molecule has 27 heavy (non-hydrogen) atoms. The molecular weight excluding hydrogens is 344 g/mol. The second-order valence-electron chi connectivity index (χ2n) is 7.79. The number of amides is 2. The Hall–Kier alpha value is -2.60. The summed E-state index contributed by atoms with van der Waals surface area (Å²) in [5.41, 5.74) is 0.0306. The molecular formula is C21H26N2O4. The van der Waals surface area contributed by atoms with E-state index in [0.29, 0.717) is 18.7 Å². The first-order valence-electron chi connectivity index (χ1n) is 9.17. The molecule has 1 aliphatic heterocycles. The van der Waals surface area contributed by atoms with Crippen LogP contribution in [0.2, 0.25) is 0 Å². The summed E-state index contributed by atoms with van der Waals surface area (Å²) in [6.07, 6.45) is -0.459. The molecule has 0 aliphatic carbocycles. The summed E-state index contributed by atoms with van der Waals surface area (Å²) in [6.45, 7) is 6.20. The summed E-state index contributed by atoms with van der Waals surface area (Å²) in [6, 6.07) is 12.9. The molecule has 2 aromatic carbocycles. The molecule has 2 amide bonds. The molecule has 0 unspecified atom stereocenters. The van der Waals surface area contributed by atoms with Gasteiger partial charge in [-0.3, -0.25) is 9.69 Å². The molecule has 0 aromatic heterocycles. The Bertz CT molecular complexity index is 838. The van der Waals surface area contributed by atoms with Crippen molar-refractivity contribution in [3.8, 4) is 0 Å². The predicted molar refractivity (Wildman–Crippen MR) is 104 cm³/mol. The van der Waals surface area contributed by atoms with Crippen molar-refractivity contribution in [3.63, 3.8) is 0 Å². The third-order valence-electron chi connectivity index (χ3n) is 4.63. The summed E-state index contributed by atoms with van der Waals surface area (Å²) in [5, 5.41) is 11.7. The van der Waals surface area contributed by atoms with Gasteiger partial charge < -0.3 is 14.7 Å². The zero-order valence-electron chi connectivity index (χ0n) is 16.0. The molecule has 1 saturated heterocycles. The van der Waals surface area contributed by atoms with E-state index >= 15 is 0 Å². The van der Waals surface area contributed by atoms with Gasteiger partial charge >= 0.3 is 6.09 Å². The lowest BCUT2D eigenvalue weighted by Gasteiger charge is -2.41. The topological polar surface area (TPSA) is 70.1 Å². The van der Waals surface area contributed by atoms with E-state index in [9.17, 15) is 14.7 Å². The van der Waals surface area contributed by atoms with Crippen molar-refractivity contribution < 1.29 is 19.4 Å². The second kappa shape index (κ2) is 7.56. The number of aliphatic hydroxyl groups excluding tert-OH is 1. The normalized spacial score (nSPS) is 17.9. The highest BCUT2D eigenvalue weighted by molar-refractivity contribution is 6.07. The molecule has 2 aromatic rings. The van der Waals surface area contributed by atoms with E-state index in [0.717, 1.165) is 10.8 Å². The fourth-order valence-electron chi connectivity index (χ4n) is 3.34. The maximum Gasteiger partial charge on any atom is 0.410 e. The quantitative estimate of drug-likeness (QED) is 0.882. The molecule has 144 valence electrons. The van der Waals surface area contributed by atoms with Gasteiger partial charge in [-0.15, -0.1) is 0 Å². The summed E-state index contributed by atoms with van der Waals surface area (Å²) < 4.78 is 5.42. The molecule has 1 atom stereocenters. The highest BCUT2D eigenvalue weighted by Crippen LogP contribution is 2.22. The lowest BCUT2D eigenvalue weighted by atomic mass is 10.0. The first-order chi connectivity index (χ1) is 12.8. The molecule has 0 radical (unpaired) electrons. The largest absolute Gasteiger partial charge is 0.444 e. The van der Waals surface area contributed by atoms with Gasteiger partial charge in [-0.05, 0) is 37.6 Å². The molecule has 0 spiro atoms. The standard InChI is InChI=1S/C21H26N2O4/c1-21(2,3)27-20(26)23-12-11-22(13-16(23)14-24)19(25)18-10-6-8-15-7-4-5-9-17(15)18/h4-10,16,24H,11-14H2,1-3H3/t16-/m0/s1. The van der Waals surface area contributed by atoms with E-state index in [2.05, 4.69) is 0 Å². The van der Waals surface area contributed by atoms with Crippen LogP contribution in [0.1, 0.15) is 31.1 Å². The first kappa shape index (κ1) is 19.2. The van der Waals surface area contributed by atoms with Crippen molar-refractivity contribution in [1.82, 2.24) is 9.80 Å². The first-order valence-corrected chi connectivity index (χ1v) is 9.17. The van der Waals surface area contributed by atoms with Gasteiger partial charge in [-0.1, -0.05) is 36.4 Å². The van der Waals surface area contributed by atoms with Crippen LogP contribution in [-0.2, 0) is 4.74 Å². The fourth-order valence-corrected chi connectivity index (χ4v) is 3.34. The Balaban J connectivity index is 1.78. The van der Waals surface area contributed by atoms with Crippen LogP contribution in [0.15, 0.2) is 42.5 Å². The van der Waals surface area contributed by atoms with Crippen LogP contribution in [0.5, 0.6) is 0 Å². The van der Waals surface area contributed by atoms with Gasteiger partial charge in [0, 0.05) is 25.2 Å². The molecule has 6 heteroatoms. The minimum atomic E-state index is -0.604. The summed E-state index contributed by atoms with van der Waals surface area (Å²) >= 11 is 0. The van der Waals surface area contributed by atoms with Crippen LogP contribution in [-0.4, -0.2) is 64.8 Å². The van der Waals surface area contributed by atoms with Crippen molar-refractivity contribution in [2.45, 2.75) is 32.4 Å². The number of hydrogen-bond acceptors (Lipinski definition) is 4. The monoisotopic (exact) mass is 370 g/mol. The number of carbonyl (C=O) groups is 2. The van der Waals surface area contributed by atoms with E-state index < -0.39 is 17.7 Å². The summed E-state index contributed by atoms with van der Waals surface area (Å²) in [4.78, 5) is 28.7. The van der Waals surface area contributed by atoms with E-state index in [4.69, 9.17) is 4.74 Å². The number of hydrogen-bond donors (Lipinski definition) is 1. The van der Waals surface area contributed by atoms with Gasteiger partial charge in [0.05, 0.1) is 12.6 Å². The lowest BCUT2D eigenvalue weighted by Crippen LogP contribution is -2.58. The van der Waals surface area contributed by atoms with Crippen LogP contribution in [0.3, 0.4) is 0 Å². The van der Waals surface area contributed by atoms with Crippen LogP contribution in [0, 0.1) is 0 Å². The zero-order valence-corrected chi connectivity index (χ0v) is 16.0. The van der Waals surface area contributed by atoms with Crippen LogP contribution >= 0.6 is 0 Å². The summed E-state index contributed by atoms with van der Waals surface area (Å²) in [5.74, 6) is -0.0888. The van der Waals surface area contributed by atoms with E-state index in [1.807, 2.05) is 42.5 Å². The molecule has 1 aliphatic rings. The maximum atomic E-state index is 13.1. The van der Waals surface area contributed by atoms with E-state index in [1.165, 1.54) is 4.90 Å². The Morgan fingerprint density at radius 3 is 2.52 bits per heavy atom. The number of ether oxygens (including phenoxy) is 1. The lowest BCUT2D eigenvalue weighted by molar-refractivity contribution is -0.00981. The number of fused-ring (bicyclic) bond motifs is 1. The van der Waals surface area contributed by atoms with E-state index in [1.54, 1.807) is 25.7 Å². The molecule has 0 saturated carbocycles. The zero-order chi connectivity index (χ0) is 19.6. The second-order valence-corrected chi connectivity index (χ2v) is 7.79. The maximum absolute atomic E-state index is 13.1. The minimum absolute atomic E-state index is 0.0888. The minimum Gasteiger partial charge on any atom is -0.444 e. The van der Waals surface area contributed by atoms with Crippen LogP contribution in [0.25, 0.3) is 10.8 Å². The van der Waals surface area contributed by atoms with Gasteiger partial charge in [0.1, 0.15) is 5.60 Å². The van der Waals surface area contributed by atoms with Crippen molar-refractivity contribution in [3.05, 3.63) is 48.0 Å². The molecule has 6 nitrogen and oxygen atoms in total. The molecule has 0 bridgehead atoms. The number of carbonyl (C=O) groups excluding carboxylic acids is 2. The van der Waals surface area contributed by atoms with Gasteiger partial charge in [0.2, 0.25) is 0 Å². The Labute approximate surface area is 159 Å². The van der Waals surface area contributed by atoms with Gasteiger partial charge in [0.25, 0.3) is 5.91 Å². The predicted octanol–water partition coefficient (Wildman–Crippen LogP) is 2.89. The third kappa shape index (κ3) is 4.22. The SMILES string of the molecule is CC(C)(C)OC(=O)N1CCN(C(=O)c2cccc3ccccc23)C[C@H]1CO. The third-order valence-corrected chi connectivity index (χ3v) is 4.63. The smallest absolute Gasteiger partial charge is 0.410 e. The highest BCUT2D eigenvalue weighted by atomic mass is 16.6. The van der Waals surface area contributed by atoms with Crippen molar-refractivity contribution in [2.24, 2.45) is 0 Å². The Morgan fingerprint density at radius 1 is 1.11 bits per heavy atom. The number of rotatable bonds is 2. The van der Waals surface area contributed by atoms with Crippen molar-refractivity contribution in [1.29, 1.82) is 0 Å². The molecule has 1 fully saturated rings. The summed E-state index contributed by atoms with van der Waals surface area (Å²) in [7, 11) is 0. The molecule has 1 N–H and O–H groups in total. The average molecular weight is 370 g/mol. The number of piperazine rings is 1. The van der Waals surface area contributed by atoms with Gasteiger partial charge in [0.15, 0.2) is 0 Å². The van der Waals surface area contributed by atoms with Crippen molar-refractivity contribution >= 4 is 22.8 Å². The Kier molecular flexibility index (Phi) is 5.37. The highest BCUT2D eigenvalue weighted by Gasteiger charge is 2.35. The van der Waals surface area contributed by atoms with E-state index in [-0.39, 0.29) is 19.1 Å². The van der Waals surface area contributed by atoms with Crippen molar-refractivity contribution in [2.75, 3.05) is 26.2 Å². The van der Waals surface area contributed by atoms with Gasteiger partial charge in [-0.25, -0.2) is 4.79 Å². The number of benzene rings is 2. The number of aliphatic hydroxyl groups is 1. The molecule has 3 rings (SSSR count). The Morgan fingerprint density at radius 2 is 1.81 bits per heavy atom.